The molecule has 0 N–H and O–H groups in total. The van der Waals surface area contributed by atoms with E-state index in [1.54, 1.807) is 0 Å². The Kier molecular flexibility index (Phi) is 3.23. The lowest BCUT2D eigenvalue weighted by atomic mass is 9.74. The van der Waals surface area contributed by atoms with Gasteiger partial charge in [-0.25, -0.2) is 4.98 Å². The topological polar surface area (TPSA) is 37.6 Å². The first kappa shape index (κ1) is 14.9. The number of nitrogens with zero attached hydrogens (tertiary/aromatic N) is 3. The lowest BCUT2D eigenvalue weighted by Gasteiger charge is -2.40. The average Bonchev–Trinajstić information content (AvgIpc) is 2.99. The van der Waals surface area contributed by atoms with Gasteiger partial charge in [-0.1, -0.05) is 57.2 Å². The maximum absolute atomic E-state index is 13.1. The number of aromatic nitrogens is 2. The van der Waals surface area contributed by atoms with E-state index >= 15 is 0 Å². The molecule has 0 fully saturated rings. The molecule has 0 spiro atoms. The molecule has 1 aliphatic heterocycles. The number of fused-ring (bicyclic) bond motifs is 3. The van der Waals surface area contributed by atoms with Crippen LogP contribution < -0.4 is 4.90 Å². The lowest BCUT2D eigenvalue weighted by Crippen LogP contribution is -2.48. The minimum atomic E-state index is -0.286. The van der Waals surface area contributed by atoms with Gasteiger partial charge in [-0.3, -0.25) is 14.1 Å². The smallest absolute Gasteiger partial charge is 0.232 e. The van der Waals surface area contributed by atoms with Gasteiger partial charge < -0.3 is 0 Å². The summed E-state index contributed by atoms with van der Waals surface area (Å²) in [6.45, 7) is 6.80. The molecule has 4 rings (SSSR count). The van der Waals surface area contributed by atoms with Crippen molar-refractivity contribution >= 4 is 17.4 Å². The predicted octanol–water partition coefficient (Wildman–Crippen LogP) is 3.79. The number of hydrogen-bond acceptors (Lipinski definition) is 2. The van der Waals surface area contributed by atoms with Crippen LogP contribution in [0.5, 0.6) is 0 Å². The number of benzene rings is 1. The molecule has 3 heterocycles. The minimum Gasteiger partial charge on any atom is -0.292 e. The normalized spacial score (nSPS) is 19.5. The molecule has 0 radical (unpaired) electrons. The summed E-state index contributed by atoms with van der Waals surface area (Å²) in [6, 6.07) is 16.1. The van der Waals surface area contributed by atoms with Gasteiger partial charge in [0.1, 0.15) is 11.5 Å². The zero-order chi connectivity index (χ0) is 16.9. The summed E-state index contributed by atoms with van der Waals surface area (Å²) >= 11 is 0. The molecular weight excluding hydrogens is 298 g/mol. The molecule has 3 aromatic rings. The zero-order valence-corrected chi connectivity index (χ0v) is 14.2. The van der Waals surface area contributed by atoms with E-state index in [0.717, 1.165) is 22.7 Å². The molecule has 1 amide bonds. The Bertz CT molecular complexity index is 911. The highest BCUT2D eigenvalue weighted by Gasteiger charge is 2.46. The Morgan fingerprint density at radius 1 is 1.08 bits per heavy atom. The van der Waals surface area contributed by atoms with Gasteiger partial charge in [0.15, 0.2) is 0 Å². The van der Waals surface area contributed by atoms with Crippen LogP contribution in [-0.4, -0.2) is 15.3 Å². The molecule has 0 aliphatic carbocycles. The fourth-order valence-corrected chi connectivity index (χ4v) is 3.44. The molecule has 4 nitrogen and oxygen atoms in total. The van der Waals surface area contributed by atoms with Crippen LogP contribution in [0.1, 0.15) is 32.0 Å². The summed E-state index contributed by atoms with van der Waals surface area (Å²) < 4.78 is 2.03. The molecule has 0 saturated heterocycles. The molecule has 1 aliphatic rings. The van der Waals surface area contributed by atoms with Crippen LogP contribution in [0.2, 0.25) is 0 Å². The van der Waals surface area contributed by atoms with Gasteiger partial charge >= 0.3 is 0 Å². The molecular formula is C20H21N3O. The van der Waals surface area contributed by atoms with Crippen molar-refractivity contribution in [3.8, 4) is 0 Å². The first-order valence-electron chi connectivity index (χ1n) is 8.33. The second-order valence-corrected chi connectivity index (χ2v) is 7.07. The number of pyridine rings is 1. The SMILES string of the molecule is CC1C(=O)N(Cc2ccccc2)c2c(nc3ccccn23)C1(C)C. The van der Waals surface area contributed by atoms with E-state index in [0.29, 0.717) is 6.54 Å². The quantitative estimate of drug-likeness (QED) is 0.720. The van der Waals surface area contributed by atoms with Gasteiger partial charge in [0.25, 0.3) is 0 Å². The van der Waals surface area contributed by atoms with Gasteiger partial charge in [-0.2, -0.15) is 0 Å². The van der Waals surface area contributed by atoms with Crippen LogP contribution in [-0.2, 0) is 16.8 Å². The third-order valence-electron chi connectivity index (χ3n) is 5.27. The number of imidazole rings is 1. The summed E-state index contributed by atoms with van der Waals surface area (Å²) in [7, 11) is 0. The van der Waals surface area contributed by atoms with Crippen molar-refractivity contribution in [3.05, 3.63) is 66.0 Å². The number of rotatable bonds is 2. The molecule has 4 heteroatoms. The number of carbonyl (C=O) groups excluding carboxylic acids is 1. The van der Waals surface area contributed by atoms with E-state index < -0.39 is 0 Å². The second kappa shape index (κ2) is 5.20. The Balaban J connectivity index is 1.93. The first-order valence-corrected chi connectivity index (χ1v) is 8.33. The fraction of sp³-hybridized carbons (Fsp3) is 0.300. The van der Waals surface area contributed by atoms with Gasteiger partial charge in [-0.05, 0) is 17.7 Å². The molecule has 1 unspecified atom stereocenters. The van der Waals surface area contributed by atoms with Crippen LogP contribution in [0.25, 0.3) is 5.65 Å². The summed E-state index contributed by atoms with van der Waals surface area (Å²) in [4.78, 5) is 19.9. The van der Waals surface area contributed by atoms with Crippen molar-refractivity contribution in [2.24, 2.45) is 5.92 Å². The highest BCUT2D eigenvalue weighted by atomic mass is 16.2. The Morgan fingerprint density at radius 3 is 2.54 bits per heavy atom. The second-order valence-electron chi connectivity index (χ2n) is 7.07. The molecule has 2 aromatic heterocycles. The molecule has 24 heavy (non-hydrogen) atoms. The minimum absolute atomic E-state index is 0.112. The number of anilines is 1. The number of hydrogen-bond donors (Lipinski definition) is 0. The maximum Gasteiger partial charge on any atom is 0.232 e. The Hall–Kier alpha value is -2.62. The zero-order valence-electron chi connectivity index (χ0n) is 14.2. The molecule has 1 atom stereocenters. The van der Waals surface area contributed by atoms with Gasteiger partial charge in [0.2, 0.25) is 5.91 Å². The summed E-state index contributed by atoms with van der Waals surface area (Å²) in [5, 5.41) is 0. The van der Waals surface area contributed by atoms with Crippen LogP contribution >= 0.6 is 0 Å². The van der Waals surface area contributed by atoms with Crippen LogP contribution in [0.15, 0.2) is 54.7 Å². The lowest BCUT2D eigenvalue weighted by molar-refractivity contribution is -0.124. The van der Waals surface area contributed by atoms with Crippen molar-refractivity contribution in [2.45, 2.75) is 32.7 Å². The third-order valence-corrected chi connectivity index (χ3v) is 5.27. The van der Waals surface area contributed by atoms with E-state index in [2.05, 4.69) is 26.0 Å². The summed E-state index contributed by atoms with van der Waals surface area (Å²) in [5.41, 5.74) is 2.72. The van der Waals surface area contributed by atoms with Crippen molar-refractivity contribution in [1.29, 1.82) is 0 Å². The van der Waals surface area contributed by atoms with Gasteiger partial charge in [-0.15, -0.1) is 0 Å². The highest BCUT2D eigenvalue weighted by molar-refractivity contribution is 5.98. The third kappa shape index (κ3) is 2.06. The molecule has 122 valence electrons. The van der Waals surface area contributed by atoms with E-state index in [1.165, 1.54) is 0 Å². The first-order chi connectivity index (χ1) is 11.5. The van der Waals surface area contributed by atoms with E-state index in [1.807, 2.05) is 58.8 Å². The molecule has 1 aromatic carbocycles. The largest absolute Gasteiger partial charge is 0.292 e. The van der Waals surface area contributed by atoms with Crippen molar-refractivity contribution < 1.29 is 4.79 Å². The van der Waals surface area contributed by atoms with Crippen molar-refractivity contribution in [3.63, 3.8) is 0 Å². The Morgan fingerprint density at radius 2 is 1.79 bits per heavy atom. The summed E-state index contributed by atoms with van der Waals surface area (Å²) in [5.74, 6) is 0.947. The van der Waals surface area contributed by atoms with E-state index in [9.17, 15) is 4.79 Å². The monoisotopic (exact) mass is 319 g/mol. The van der Waals surface area contributed by atoms with Crippen molar-refractivity contribution in [1.82, 2.24) is 9.38 Å². The van der Waals surface area contributed by atoms with E-state index in [4.69, 9.17) is 4.98 Å². The maximum atomic E-state index is 13.1. The van der Waals surface area contributed by atoms with E-state index in [-0.39, 0.29) is 17.2 Å². The van der Waals surface area contributed by atoms with Crippen LogP contribution in [0.4, 0.5) is 5.82 Å². The van der Waals surface area contributed by atoms with Gasteiger partial charge in [0.05, 0.1) is 12.2 Å². The Labute approximate surface area is 141 Å². The summed E-state index contributed by atoms with van der Waals surface area (Å²) in [6.07, 6.45) is 1.98. The molecule has 0 saturated carbocycles. The fourth-order valence-electron chi connectivity index (χ4n) is 3.44. The standard InChI is InChI=1S/C20H21N3O/c1-14-19(24)23(13-15-9-5-4-6-10-15)18-17(20(14,2)3)21-16-11-7-8-12-22(16)18/h4-12,14H,13H2,1-3H3. The van der Waals surface area contributed by atoms with Crippen molar-refractivity contribution in [2.75, 3.05) is 4.90 Å². The van der Waals surface area contributed by atoms with Crippen LogP contribution in [0.3, 0.4) is 0 Å². The predicted molar refractivity (Wildman–Crippen MR) is 95.0 cm³/mol. The van der Waals surface area contributed by atoms with Crippen LogP contribution in [0, 0.1) is 5.92 Å². The highest BCUT2D eigenvalue weighted by Crippen LogP contribution is 2.43. The molecule has 0 bridgehead atoms. The number of amides is 1. The van der Waals surface area contributed by atoms with Gasteiger partial charge in [0, 0.05) is 17.5 Å². The average molecular weight is 319 g/mol. The number of carbonyl (C=O) groups is 1.